The van der Waals surface area contributed by atoms with E-state index in [0.717, 1.165) is 31.9 Å². The summed E-state index contributed by atoms with van der Waals surface area (Å²) >= 11 is 0. The van der Waals surface area contributed by atoms with Crippen molar-refractivity contribution >= 4 is 5.97 Å². The minimum absolute atomic E-state index is 0.228. The molecular weight excluding hydrogens is 220 g/mol. The second-order valence-electron chi connectivity index (χ2n) is 4.40. The van der Waals surface area contributed by atoms with Crippen LogP contribution in [0.25, 0.3) is 0 Å². The van der Waals surface area contributed by atoms with E-state index in [1.54, 1.807) is 6.26 Å². The molecule has 0 aromatic carbocycles. The molecule has 0 spiro atoms. The lowest BCUT2D eigenvalue weighted by Crippen LogP contribution is -2.50. The van der Waals surface area contributed by atoms with Crippen LogP contribution in [0.5, 0.6) is 0 Å². The summed E-state index contributed by atoms with van der Waals surface area (Å²) in [5.41, 5.74) is 0. The number of carboxylic acids is 1. The third-order valence-electron chi connectivity index (χ3n) is 3.01. The minimum Gasteiger partial charge on any atom is -0.481 e. The van der Waals surface area contributed by atoms with Gasteiger partial charge < -0.3 is 14.8 Å². The highest BCUT2D eigenvalue weighted by Crippen LogP contribution is 2.10. The second-order valence-corrected chi connectivity index (χ2v) is 4.40. The van der Waals surface area contributed by atoms with Crippen LogP contribution in [0, 0.1) is 0 Å². The maximum absolute atomic E-state index is 10.5. The van der Waals surface area contributed by atoms with E-state index in [-0.39, 0.29) is 12.5 Å². The Morgan fingerprint density at radius 3 is 3.24 bits per heavy atom. The number of nitrogens with one attached hydrogen (secondary N) is 1. The first kappa shape index (κ1) is 12.1. The molecule has 5 nitrogen and oxygen atoms in total. The molecule has 1 saturated heterocycles. The van der Waals surface area contributed by atoms with Crippen molar-refractivity contribution in [3.8, 4) is 0 Å². The highest BCUT2D eigenvalue weighted by atomic mass is 16.4. The Labute approximate surface area is 100 Å². The number of carboxylic acid groups (broad SMARTS) is 1. The van der Waals surface area contributed by atoms with Crippen LogP contribution in [-0.2, 0) is 11.3 Å². The van der Waals surface area contributed by atoms with E-state index in [2.05, 4.69) is 10.2 Å². The average Bonchev–Trinajstić information content (AvgIpc) is 2.80. The third-order valence-corrected chi connectivity index (χ3v) is 3.01. The molecule has 1 aromatic heterocycles. The van der Waals surface area contributed by atoms with Crippen molar-refractivity contribution in [1.29, 1.82) is 0 Å². The lowest BCUT2D eigenvalue weighted by atomic mass is 10.1. The Balaban J connectivity index is 1.78. The molecular formula is C12H18N2O3. The zero-order valence-corrected chi connectivity index (χ0v) is 9.76. The van der Waals surface area contributed by atoms with Crippen molar-refractivity contribution in [1.82, 2.24) is 10.2 Å². The van der Waals surface area contributed by atoms with Gasteiger partial charge in [0.25, 0.3) is 0 Å². The van der Waals surface area contributed by atoms with Crippen LogP contribution in [0.3, 0.4) is 0 Å². The fraction of sp³-hybridized carbons (Fsp3) is 0.583. The van der Waals surface area contributed by atoms with Gasteiger partial charge in [-0.15, -0.1) is 0 Å². The molecule has 1 atom stereocenters. The monoisotopic (exact) mass is 238 g/mol. The summed E-state index contributed by atoms with van der Waals surface area (Å²) < 4.78 is 5.31. The van der Waals surface area contributed by atoms with Crippen LogP contribution in [0.4, 0.5) is 0 Å². The molecule has 5 heteroatoms. The molecule has 1 aromatic rings. The largest absolute Gasteiger partial charge is 0.481 e. The molecule has 1 aliphatic rings. The molecule has 2 rings (SSSR count). The molecule has 1 aliphatic heterocycles. The van der Waals surface area contributed by atoms with Gasteiger partial charge >= 0.3 is 5.97 Å². The number of hydrogen-bond donors (Lipinski definition) is 2. The van der Waals surface area contributed by atoms with Gasteiger partial charge in [-0.1, -0.05) is 0 Å². The third kappa shape index (κ3) is 3.87. The van der Waals surface area contributed by atoms with E-state index in [1.165, 1.54) is 0 Å². The lowest BCUT2D eigenvalue weighted by Gasteiger charge is -2.32. The number of rotatable bonds is 5. The van der Waals surface area contributed by atoms with Crippen LogP contribution >= 0.6 is 0 Å². The van der Waals surface area contributed by atoms with Crippen LogP contribution < -0.4 is 5.32 Å². The highest BCUT2D eigenvalue weighted by molar-refractivity contribution is 5.66. The smallest absolute Gasteiger partial charge is 0.303 e. The van der Waals surface area contributed by atoms with Gasteiger partial charge in [-0.3, -0.25) is 9.69 Å². The fourth-order valence-corrected chi connectivity index (χ4v) is 2.15. The lowest BCUT2D eigenvalue weighted by molar-refractivity contribution is -0.137. The van der Waals surface area contributed by atoms with Crippen molar-refractivity contribution in [3.63, 3.8) is 0 Å². The van der Waals surface area contributed by atoms with Gasteiger partial charge in [0.15, 0.2) is 0 Å². The molecule has 0 saturated carbocycles. The van der Waals surface area contributed by atoms with Crippen LogP contribution in [0.1, 0.15) is 18.6 Å². The highest BCUT2D eigenvalue weighted by Gasteiger charge is 2.20. The Morgan fingerprint density at radius 2 is 2.53 bits per heavy atom. The van der Waals surface area contributed by atoms with Crippen molar-refractivity contribution in [2.75, 3.05) is 19.6 Å². The van der Waals surface area contributed by atoms with Gasteiger partial charge in [0, 0.05) is 32.1 Å². The van der Waals surface area contributed by atoms with Gasteiger partial charge in [0.1, 0.15) is 5.76 Å². The van der Waals surface area contributed by atoms with E-state index in [0.29, 0.717) is 6.42 Å². The van der Waals surface area contributed by atoms with Crippen molar-refractivity contribution < 1.29 is 14.3 Å². The van der Waals surface area contributed by atoms with E-state index in [9.17, 15) is 4.79 Å². The topological polar surface area (TPSA) is 65.7 Å². The van der Waals surface area contributed by atoms with E-state index in [1.807, 2.05) is 12.1 Å². The molecule has 1 fully saturated rings. The number of piperazine rings is 1. The number of hydrogen-bond acceptors (Lipinski definition) is 4. The zero-order valence-electron chi connectivity index (χ0n) is 9.76. The zero-order chi connectivity index (χ0) is 12.1. The summed E-state index contributed by atoms with van der Waals surface area (Å²) in [5.74, 6) is 0.235. The van der Waals surface area contributed by atoms with Gasteiger partial charge in [-0.25, -0.2) is 0 Å². The van der Waals surface area contributed by atoms with Gasteiger partial charge in [0.2, 0.25) is 0 Å². The maximum Gasteiger partial charge on any atom is 0.303 e. The summed E-state index contributed by atoms with van der Waals surface area (Å²) in [6.45, 7) is 3.57. The summed E-state index contributed by atoms with van der Waals surface area (Å²) in [4.78, 5) is 12.8. The first-order valence-electron chi connectivity index (χ1n) is 5.94. The van der Waals surface area contributed by atoms with Gasteiger partial charge in [-0.05, 0) is 18.6 Å². The number of nitrogens with zero attached hydrogens (tertiary/aromatic N) is 1. The number of aliphatic carboxylic acids is 1. The molecule has 0 bridgehead atoms. The Hall–Kier alpha value is -1.33. The summed E-state index contributed by atoms with van der Waals surface area (Å²) in [5, 5.41) is 12.0. The van der Waals surface area contributed by atoms with E-state index >= 15 is 0 Å². The fourth-order valence-electron chi connectivity index (χ4n) is 2.15. The molecule has 2 heterocycles. The summed E-state index contributed by atoms with van der Waals surface area (Å²) in [7, 11) is 0. The Morgan fingerprint density at radius 1 is 1.65 bits per heavy atom. The maximum atomic E-state index is 10.5. The van der Waals surface area contributed by atoms with Crippen LogP contribution in [-0.4, -0.2) is 41.7 Å². The molecule has 0 aliphatic carbocycles. The second kappa shape index (κ2) is 5.84. The van der Waals surface area contributed by atoms with E-state index < -0.39 is 5.97 Å². The quantitative estimate of drug-likeness (QED) is 0.798. The number of carbonyl (C=O) groups is 1. The Bertz CT molecular complexity index is 351. The normalized spacial score (nSPS) is 21.5. The Kier molecular flexibility index (Phi) is 4.17. The standard InChI is InChI=1S/C12H18N2O3/c15-12(16)4-3-10-8-14(6-5-13-10)9-11-2-1-7-17-11/h1-2,7,10,13H,3-6,8-9H2,(H,15,16). The SMILES string of the molecule is O=C(O)CCC1CN(Cc2ccco2)CCN1. The van der Waals surface area contributed by atoms with E-state index in [4.69, 9.17) is 9.52 Å². The minimum atomic E-state index is -0.727. The predicted octanol–water partition coefficient (Wildman–Crippen LogP) is 0.918. The predicted molar refractivity (Wildman–Crippen MR) is 62.6 cm³/mol. The summed E-state index contributed by atoms with van der Waals surface area (Å²) in [6.07, 6.45) is 2.59. The van der Waals surface area contributed by atoms with Gasteiger partial charge in [0.05, 0.1) is 12.8 Å². The molecule has 0 amide bonds. The van der Waals surface area contributed by atoms with Crippen LogP contribution in [0.2, 0.25) is 0 Å². The molecule has 1 unspecified atom stereocenters. The van der Waals surface area contributed by atoms with Crippen LogP contribution in [0.15, 0.2) is 22.8 Å². The molecule has 94 valence electrons. The van der Waals surface area contributed by atoms with Gasteiger partial charge in [-0.2, -0.15) is 0 Å². The molecule has 17 heavy (non-hydrogen) atoms. The van der Waals surface area contributed by atoms with Crippen molar-refractivity contribution in [3.05, 3.63) is 24.2 Å². The first-order chi connectivity index (χ1) is 8.24. The number of furan rings is 1. The first-order valence-corrected chi connectivity index (χ1v) is 5.94. The molecule has 2 N–H and O–H groups in total. The van der Waals surface area contributed by atoms with Crippen molar-refractivity contribution in [2.45, 2.75) is 25.4 Å². The summed E-state index contributed by atoms with van der Waals surface area (Å²) in [6, 6.07) is 4.13. The van der Waals surface area contributed by atoms with Crippen molar-refractivity contribution in [2.24, 2.45) is 0 Å². The average molecular weight is 238 g/mol. The molecule has 0 radical (unpaired) electrons.